The molecule has 17 aromatic rings. The van der Waals surface area contributed by atoms with E-state index in [4.69, 9.17) is 49.2 Å². The van der Waals surface area contributed by atoms with E-state index in [2.05, 4.69) is 42.5 Å². The number of benzene rings is 5. The van der Waals surface area contributed by atoms with Crippen molar-refractivity contribution in [3.05, 3.63) is 395 Å². The van der Waals surface area contributed by atoms with E-state index in [9.17, 15) is 71.9 Å². The number of aromatic nitrogens is 9. The fourth-order valence-corrected chi connectivity index (χ4v) is 21.5. The molecule has 0 aliphatic carbocycles. The van der Waals surface area contributed by atoms with Gasteiger partial charge in [0.2, 0.25) is 0 Å². The predicted molar refractivity (Wildman–Crippen MR) is 523 cm³/mol. The van der Waals surface area contributed by atoms with Crippen molar-refractivity contribution in [2.75, 3.05) is 7.11 Å². The molecule has 0 spiro atoms. The summed E-state index contributed by atoms with van der Waals surface area (Å²) in [4.78, 5) is 98.3. The summed E-state index contributed by atoms with van der Waals surface area (Å²) in [5, 5.41) is 10.6. The lowest BCUT2D eigenvalue weighted by molar-refractivity contribution is 0.00578. The number of aliphatic hydroxyl groups excluding tert-OH is 1. The minimum absolute atomic E-state index is 0.00164. The van der Waals surface area contributed by atoms with Gasteiger partial charge < -0.3 is 33.1 Å². The zero-order valence-electron chi connectivity index (χ0n) is 72.0. The van der Waals surface area contributed by atoms with Crippen molar-refractivity contribution < 1.29 is 72.0 Å². The second-order valence-corrected chi connectivity index (χ2v) is 41.2. The van der Waals surface area contributed by atoms with Crippen LogP contribution >= 0.6 is 91.4 Å². The Kier molecular flexibility index (Phi) is 31.3. The van der Waals surface area contributed by atoms with Crippen LogP contribution in [0.1, 0.15) is 109 Å². The monoisotopic (exact) mass is 2090 g/mol. The summed E-state index contributed by atoms with van der Waals surface area (Å²) in [6, 6.07) is 52.7. The van der Waals surface area contributed by atoms with Gasteiger partial charge in [0.15, 0.2) is 63.5 Å². The number of aliphatic hydroxyl groups is 1. The van der Waals surface area contributed by atoms with Gasteiger partial charge in [0, 0.05) is 142 Å². The van der Waals surface area contributed by atoms with E-state index in [1.165, 1.54) is 126 Å². The molecule has 692 valence electrons. The Labute approximate surface area is 810 Å². The van der Waals surface area contributed by atoms with Crippen LogP contribution in [0.25, 0.3) is 54.0 Å². The van der Waals surface area contributed by atoms with Gasteiger partial charge in [-0.3, -0.25) is 28.8 Å². The number of fused-ring (bicyclic) bond motifs is 3. The molecular weight excluding hydrogens is 2020 g/mol. The number of rotatable bonds is 25. The zero-order valence-corrected chi connectivity index (χ0v) is 80.5. The van der Waals surface area contributed by atoms with Gasteiger partial charge in [-0.1, -0.05) is 95.5 Å². The maximum Gasteiger partial charge on any atom is 0.505 e. The molecule has 12 aromatic heterocycles. The highest BCUT2D eigenvalue weighted by molar-refractivity contribution is 14.1. The summed E-state index contributed by atoms with van der Waals surface area (Å²) < 4.78 is 153. The first-order valence-electron chi connectivity index (χ1n) is 41.3. The molecule has 38 heteroatoms. The lowest BCUT2D eigenvalue weighted by Crippen LogP contribution is -2.41. The molecule has 1 aliphatic rings. The molecule has 0 amide bonds. The fourth-order valence-electron chi connectivity index (χ4n) is 14.4. The molecule has 5 aromatic carbocycles. The summed E-state index contributed by atoms with van der Waals surface area (Å²) in [5.74, 6) is -6.75. The number of hydrogen-bond donors (Lipinski definition) is 2. The van der Waals surface area contributed by atoms with Crippen LogP contribution in [0.4, 0.5) is 26.3 Å². The predicted octanol–water partition coefficient (Wildman–Crippen LogP) is 20.7. The first kappa shape index (κ1) is 99.1. The SMILES string of the molecule is CC1(C)OB(c2ccc(CCC(=O)c3cccn(Cc4ccc(F)c(F)c4)c3=O)s2)OC1(C)C.CO.O=C(CCc1ccc(-c2c[nH]c3ncc(Cl)cc23)s1)c1cccn(Cc2ccc(F)c(F)c2)c1=O.O=C(CCc1ccc(-c2cn(S(=O)(=O)c3ccccc3)c3ncc(Cl)cc23)s1)c1cccn(Cc2ccc(F)c(F)c2)c1=O.O=S(=O)(c1ccccc1)n1cc(I)c2cc(Cl)cnc21. The number of pyridine rings is 6. The van der Waals surface area contributed by atoms with Gasteiger partial charge in [-0.25, -0.2) is 66.1 Å². The van der Waals surface area contributed by atoms with Crippen LogP contribution < -0.4 is 21.5 Å². The minimum Gasteiger partial charge on any atom is -0.400 e. The number of carbonyl (C=O) groups is 3. The number of H-pyrrole nitrogens is 1. The van der Waals surface area contributed by atoms with Crippen LogP contribution in [0.15, 0.2) is 286 Å². The molecule has 1 aliphatic heterocycles. The number of ketones is 3. The van der Waals surface area contributed by atoms with Gasteiger partial charge in [0.1, 0.15) is 5.65 Å². The van der Waals surface area contributed by atoms with Crippen molar-refractivity contribution in [3.8, 4) is 20.9 Å². The van der Waals surface area contributed by atoms with Gasteiger partial charge in [-0.15, -0.1) is 34.0 Å². The highest BCUT2D eigenvalue weighted by atomic mass is 127. The standard InChI is InChI=1S/C32H22ClF2N3O4S2.C26H18ClF2N3O2S.C25H26BF2NO4S.C13H8ClIN2O2S.CH4O/c33-21-16-25-26(19-38(31(25)36-17-21)44(41,42)23-5-2-1-3-6-23)30-13-10-22(43-30)9-12-29(39)24-7-4-14-37(32(24)40)18-20-8-11-27(34)28(35)15-20;27-16-11-19-20(13-31-25(19)30-12-16)24-8-5-17(35-24)4-7-23(33)18-2-1-9-32(26(18)34)14-15-3-6-21(28)22(29)10-15;1-24(2)25(3,4)33-26(32-24)22-12-9-17(34-22)8-11-21(30)18-6-5-13-29(23(18)31)15-16-7-10-19(27)20(28)14-16;14-9-6-11-12(15)8-17(13(11)16-7-9)20(18,19)10-4-2-1-3-5-10;1-2/h1-8,10-11,13-17,19H,9,12,18H2;1-3,5-6,8-13H,4,7,14H2,(H,30,31);5-7,9-10,12-14H,8,11,15H2,1-4H3;1-8H;2H,1H3. The van der Waals surface area contributed by atoms with Crippen LogP contribution in [0.3, 0.4) is 0 Å². The summed E-state index contributed by atoms with van der Waals surface area (Å²) in [5.41, 5.74) is 2.08. The van der Waals surface area contributed by atoms with Gasteiger partial charge in [-0.2, -0.15) is 0 Å². The Morgan fingerprint density at radius 1 is 0.444 bits per heavy atom. The maximum atomic E-state index is 13.6. The average molecular weight is 2100 g/mol. The number of nitrogens with one attached hydrogen (secondary N) is 1. The number of carbonyl (C=O) groups excluding carboxylic acids is 3. The molecule has 135 heavy (non-hydrogen) atoms. The highest BCUT2D eigenvalue weighted by Gasteiger charge is 2.52. The number of aryl methyl sites for hydroxylation is 3. The van der Waals surface area contributed by atoms with E-state index in [-0.39, 0.29) is 88.4 Å². The topological polar surface area (TPSA) is 288 Å². The van der Waals surface area contributed by atoms with E-state index in [0.717, 1.165) is 102 Å². The van der Waals surface area contributed by atoms with Crippen molar-refractivity contribution in [1.82, 2.24) is 41.6 Å². The molecule has 0 unspecified atom stereocenters. The molecule has 0 radical (unpaired) electrons. The third kappa shape index (κ3) is 22.8. The van der Waals surface area contributed by atoms with E-state index >= 15 is 0 Å². The number of nitrogens with zero attached hydrogens (tertiary/aromatic N) is 8. The van der Waals surface area contributed by atoms with E-state index < -0.39 is 89.9 Å². The molecule has 22 nitrogen and oxygen atoms in total. The number of aromatic amines is 1. The number of Topliss-reactive ketones (excluding diaryl/α,β-unsaturated/α-hetero) is 3. The number of hydrogen-bond acceptors (Lipinski definition) is 19. The quantitative estimate of drug-likeness (QED) is 0.0233. The average Bonchev–Trinajstić information content (AvgIpc) is 1.78. The third-order valence-electron chi connectivity index (χ3n) is 22.0. The summed E-state index contributed by atoms with van der Waals surface area (Å²) in [7, 11) is -7.04. The minimum atomic E-state index is -3.94. The van der Waals surface area contributed by atoms with Gasteiger partial charge in [0.25, 0.3) is 36.7 Å². The molecule has 18 rings (SSSR count). The second kappa shape index (κ2) is 42.6. The van der Waals surface area contributed by atoms with Crippen molar-refractivity contribution in [1.29, 1.82) is 0 Å². The van der Waals surface area contributed by atoms with Crippen LogP contribution in [0, 0.1) is 38.5 Å². The highest BCUT2D eigenvalue weighted by Crippen LogP contribution is 2.41. The molecule has 1 saturated heterocycles. The lowest BCUT2D eigenvalue weighted by Gasteiger charge is -2.32. The normalized spacial score (nSPS) is 12.8. The second-order valence-electron chi connectivity index (χ2n) is 31.6. The molecular formula is C97H78BCl3F6IN9O13S5. The van der Waals surface area contributed by atoms with Crippen molar-refractivity contribution in [3.63, 3.8) is 0 Å². The molecule has 2 N–H and O–H groups in total. The fraction of sp³-hybridized carbons (Fsp3) is 0.165. The summed E-state index contributed by atoms with van der Waals surface area (Å²) in [6.45, 7) is 8.06. The van der Waals surface area contributed by atoms with Crippen molar-refractivity contribution in [2.45, 2.75) is 107 Å². The molecule has 1 fully saturated rings. The van der Waals surface area contributed by atoms with Crippen molar-refractivity contribution >= 4 is 174 Å². The Hall–Kier alpha value is -11.8. The lowest BCUT2D eigenvalue weighted by atomic mass is 9.88. The summed E-state index contributed by atoms with van der Waals surface area (Å²) >= 11 is 24.8. The van der Waals surface area contributed by atoms with Gasteiger partial charge in [0.05, 0.1) is 72.4 Å². The van der Waals surface area contributed by atoms with Crippen LogP contribution in [0.2, 0.25) is 15.1 Å². The number of halogens is 10. The van der Waals surface area contributed by atoms with Crippen LogP contribution in [0.5, 0.6) is 0 Å². The maximum absolute atomic E-state index is 13.6. The van der Waals surface area contributed by atoms with E-state index in [1.807, 2.05) is 76.4 Å². The first-order valence-corrected chi connectivity index (χ1v) is 48.8. The Morgan fingerprint density at radius 2 is 0.815 bits per heavy atom. The van der Waals surface area contributed by atoms with Gasteiger partial charge >= 0.3 is 7.12 Å². The molecule has 0 atom stereocenters. The van der Waals surface area contributed by atoms with Crippen molar-refractivity contribution in [2.24, 2.45) is 0 Å². The van der Waals surface area contributed by atoms with E-state index in [0.29, 0.717) is 67.6 Å². The Balaban J connectivity index is 0.000000147. The van der Waals surface area contributed by atoms with Crippen LogP contribution in [-0.2, 0) is 68.3 Å². The Morgan fingerprint density at radius 3 is 1.24 bits per heavy atom. The number of thiophene rings is 3. The zero-order chi connectivity index (χ0) is 96.5. The molecule has 13 heterocycles. The van der Waals surface area contributed by atoms with Crippen LogP contribution in [-0.4, -0.2) is 106 Å². The first-order chi connectivity index (χ1) is 64.5. The van der Waals surface area contributed by atoms with E-state index in [1.54, 1.807) is 103 Å². The smallest absolute Gasteiger partial charge is 0.400 e. The largest absolute Gasteiger partial charge is 0.505 e. The third-order valence-corrected chi connectivity index (χ3v) is 30.3. The molecule has 0 bridgehead atoms. The van der Waals surface area contributed by atoms with Gasteiger partial charge in [-0.05, 0) is 232 Å². The molecule has 0 saturated carbocycles. The summed E-state index contributed by atoms with van der Waals surface area (Å²) in [6.07, 6.45) is 15.6. The Bertz CT molecular complexity index is 7770.